The Kier molecular flexibility index (Phi) is 6.45. The normalized spacial score (nSPS) is 11.6. The molecule has 0 fully saturated rings. The largest absolute Gasteiger partial charge is 0.482 e. The summed E-state index contributed by atoms with van der Waals surface area (Å²) in [5.41, 5.74) is -0.270. The first-order valence-corrected chi connectivity index (χ1v) is 9.50. The predicted octanol–water partition coefficient (Wildman–Crippen LogP) is 3.48. The SMILES string of the molecule is CCN(CC)S(=O)(=O)c1ccc(OCc2ccc(F)c(F)c2)c([N+](=O)[O-])c1. The number of sulfonamides is 1. The van der Waals surface area contributed by atoms with E-state index in [0.29, 0.717) is 0 Å². The van der Waals surface area contributed by atoms with Crippen LogP contribution in [-0.4, -0.2) is 30.7 Å². The van der Waals surface area contributed by atoms with E-state index >= 15 is 0 Å². The average Bonchev–Trinajstić information content (AvgIpc) is 2.63. The van der Waals surface area contributed by atoms with Crippen LogP contribution in [0, 0.1) is 21.7 Å². The molecular formula is C17H18F2N2O5S. The van der Waals surface area contributed by atoms with Gasteiger partial charge in [-0.25, -0.2) is 17.2 Å². The highest BCUT2D eigenvalue weighted by atomic mass is 32.2. The minimum absolute atomic E-state index is 0.178. The third-order valence-corrected chi connectivity index (χ3v) is 5.89. The third kappa shape index (κ3) is 4.58. The fourth-order valence-corrected chi connectivity index (χ4v) is 3.90. The van der Waals surface area contributed by atoms with Crippen LogP contribution in [0.1, 0.15) is 19.4 Å². The van der Waals surface area contributed by atoms with Crippen molar-refractivity contribution in [2.45, 2.75) is 25.3 Å². The Balaban J connectivity index is 2.33. The summed E-state index contributed by atoms with van der Waals surface area (Å²) in [6.45, 7) is 3.52. The molecule has 0 spiro atoms. The van der Waals surface area contributed by atoms with Crippen molar-refractivity contribution in [3.8, 4) is 5.75 Å². The minimum Gasteiger partial charge on any atom is -0.482 e. The van der Waals surface area contributed by atoms with Crippen molar-refractivity contribution in [2.24, 2.45) is 0 Å². The van der Waals surface area contributed by atoms with E-state index < -0.39 is 32.3 Å². The van der Waals surface area contributed by atoms with E-state index in [1.165, 1.54) is 22.5 Å². The molecule has 2 aromatic rings. The molecule has 0 N–H and O–H groups in total. The summed E-state index contributed by atoms with van der Waals surface area (Å²) in [5.74, 6) is -2.26. The second-order valence-corrected chi connectivity index (χ2v) is 7.45. The maximum Gasteiger partial charge on any atom is 0.312 e. The van der Waals surface area contributed by atoms with E-state index in [-0.39, 0.29) is 35.9 Å². The lowest BCUT2D eigenvalue weighted by Gasteiger charge is -2.18. The monoisotopic (exact) mass is 400 g/mol. The van der Waals surface area contributed by atoms with Crippen LogP contribution in [0.25, 0.3) is 0 Å². The first-order chi connectivity index (χ1) is 12.7. The molecule has 146 valence electrons. The molecule has 0 radical (unpaired) electrons. The van der Waals surface area contributed by atoms with Gasteiger partial charge in [-0.05, 0) is 29.8 Å². The molecule has 0 aromatic heterocycles. The highest BCUT2D eigenvalue weighted by Gasteiger charge is 2.26. The maximum atomic E-state index is 13.2. The van der Waals surface area contributed by atoms with Gasteiger partial charge in [0.25, 0.3) is 0 Å². The number of halogens is 2. The van der Waals surface area contributed by atoms with E-state index in [1.807, 2.05) is 0 Å². The van der Waals surface area contributed by atoms with Crippen molar-refractivity contribution >= 4 is 15.7 Å². The van der Waals surface area contributed by atoms with Gasteiger partial charge in [-0.15, -0.1) is 0 Å². The molecule has 0 atom stereocenters. The molecule has 0 aliphatic heterocycles. The Bertz CT molecular complexity index is 946. The highest BCUT2D eigenvalue weighted by molar-refractivity contribution is 7.89. The van der Waals surface area contributed by atoms with Gasteiger partial charge in [0, 0.05) is 19.2 Å². The molecule has 7 nitrogen and oxygen atoms in total. The van der Waals surface area contributed by atoms with Crippen LogP contribution in [0.5, 0.6) is 5.75 Å². The molecule has 0 heterocycles. The Labute approximate surface area is 155 Å². The van der Waals surface area contributed by atoms with Crippen LogP contribution < -0.4 is 4.74 Å². The number of nitro groups is 1. The van der Waals surface area contributed by atoms with Crippen molar-refractivity contribution < 1.29 is 26.9 Å². The van der Waals surface area contributed by atoms with Crippen LogP contribution in [-0.2, 0) is 16.6 Å². The zero-order valence-corrected chi connectivity index (χ0v) is 15.5. The molecule has 10 heteroatoms. The lowest BCUT2D eigenvalue weighted by molar-refractivity contribution is -0.386. The summed E-state index contributed by atoms with van der Waals surface area (Å²) in [4.78, 5) is 10.3. The van der Waals surface area contributed by atoms with Crippen molar-refractivity contribution in [3.05, 3.63) is 63.7 Å². The fraction of sp³-hybridized carbons (Fsp3) is 0.294. The molecule has 0 bridgehead atoms. The quantitative estimate of drug-likeness (QED) is 0.500. The van der Waals surface area contributed by atoms with Gasteiger partial charge in [0.05, 0.1) is 9.82 Å². The zero-order chi connectivity index (χ0) is 20.2. The van der Waals surface area contributed by atoms with Gasteiger partial charge in [-0.3, -0.25) is 10.1 Å². The minimum atomic E-state index is -3.87. The molecule has 2 rings (SSSR count). The molecule has 2 aromatic carbocycles. The van der Waals surface area contributed by atoms with E-state index in [1.54, 1.807) is 13.8 Å². The van der Waals surface area contributed by atoms with Crippen molar-refractivity contribution in [2.75, 3.05) is 13.1 Å². The van der Waals surface area contributed by atoms with Crippen LogP contribution in [0.2, 0.25) is 0 Å². The van der Waals surface area contributed by atoms with Gasteiger partial charge >= 0.3 is 5.69 Å². The first kappa shape index (κ1) is 20.7. The predicted molar refractivity (Wildman–Crippen MR) is 93.9 cm³/mol. The lowest BCUT2D eigenvalue weighted by Crippen LogP contribution is -2.30. The molecule has 0 saturated heterocycles. The molecular weight excluding hydrogens is 382 g/mol. The van der Waals surface area contributed by atoms with E-state index in [9.17, 15) is 27.3 Å². The number of rotatable bonds is 8. The van der Waals surface area contributed by atoms with Crippen molar-refractivity contribution in [1.82, 2.24) is 4.31 Å². The summed E-state index contributed by atoms with van der Waals surface area (Å²) in [6, 6.07) is 6.43. The number of benzene rings is 2. The van der Waals surface area contributed by atoms with Gasteiger partial charge in [-0.1, -0.05) is 19.9 Å². The summed E-state index contributed by atoms with van der Waals surface area (Å²) in [7, 11) is -3.87. The zero-order valence-electron chi connectivity index (χ0n) is 14.7. The summed E-state index contributed by atoms with van der Waals surface area (Å²) >= 11 is 0. The summed E-state index contributed by atoms with van der Waals surface area (Å²) in [5, 5.41) is 11.3. The second-order valence-electron chi connectivity index (χ2n) is 5.51. The topological polar surface area (TPSA) is 89.8 Å². The van der Waals surface area contributed by atoms with E-state index in [4.69, 9.17) is 4.74 Å². The summed E-state index contributed by atoms with van der Waals surface area (Å²) in [6.07, 6.45) is 0. The van der Waals surface area contributed by atoms with Crippen molar-refractivity contribution in [1.29, 1.82) is 0 Å². The fourth-order valence-electron chi connectivity index (χ4n) is 2.43. The van der Waals surface area contributed by atoms with E-state index in [0.717, 1.165) is 18.2 Å². The van der Waals surface area contributed by atoms with Gasteiger partial charge in [-0.2, -0.15) is 4.31 Å². The Morgan fingerprint density at radius 1 is 1.07 bits per heavy atom. The van der Waals surface area contributed by atoms with Crippen LogP contribution in [0.15, 0.2) is 41.3 Å². The van der Waals surface area contributed by atoms with E-state index in [2.05, 4.69) is 0 Å². The number of hydrogen-bond acceptors (Lipinski definition) is 5. The number of ether oxygens (including phenoxy) is 1. The smallest absolute Gasteiger partial charge is 0.312 e. The summed E-state index contributed by atoms with van der Waals surface area (Å²) < 4.78 is 57.7. The number of hydrogen-bond donors (Lipinski definition) is 0. The van der Waals surface area contributed by atoms with Gasteiger partial charge in [0.1, 0.15) is 6.61 Å². The Hall–Kier alpha value is -2.59. The highest BCUT2D eigenvalue weighted by Crippen LogP contribution is 2.31. The Morgan fingerprint density at radius 2 is 1.74 bits per heavy atom. The standard InChI is InChI=1S/C17H18F2N2O5S/c1-3-20(4-2)27(24,25)13-6-8-17(16(10-13)21(22)23)26-11-12-5-7-14(18)15(19)9-12/h5-10H,3-4,11H2,1-2H3. The molecule has 0 amide bonds. The second kappa shape index (κ2) is 8.40. The molecule has 0 saturated carbocycles. The number of nitro benzene ring substituents is 1. The maximum absolute atomic E-state index is 13.2. The molecule has 27 heavy (non-hydrogen) atoms. The lowest BCUT2D eigenvalue weighted by atomic mass is 10.2. The first-order valence-electron chi connectivity index (χ1n) is 8.06. The van der Waals surface area contributed by atoms with Gasteiger partial charge in [0.2, 0.25) is 10.0 Å². The van der Waals surface area contributed by atoms with Crippen LogP contribution in [0.4, 0.5) is 14.5 Å². The molecule has 0 aliphatic rings. The average molecular weight is 400 g/mol. The van der Waals surface area contributed by atoms with Crippen LogP contribution >= 0.6 is 0 Å². The molecule has 0 aliphatic carbocycles. The third-order valence-electron chi connectivity index (χ3n) is 3.85. The van der Waals surface area contributed by atoms with Gasteiger partial charge in [0.15, 0.2) is 17.4 Å². The van der Waals surface area contributed by atoms with Crippen molar-refractivity contribution in [3.63, 3.8) is 0 Å². The van der Waals surface area contributed by atoms with Gasteiger partial charge < -0.3 is 4.74 Å². The Morgan fingerprint density at radius 3 is 2.30 bits per heavy atom. The number of nitrogens with zero attached hydrogens (tertiary/aromatic N) is 2. The van der Waals surface area contributed by atoms with Crippen LogP contribution in [0.3, 0.4) is 0 Å². The molecule has 0 unspecified atom stereocenters.